The summed E-state index contributed by atoms with van der Waals surface area (Å²) in [7, 11) is 2.25. The molecule has 0 unspecified atom stereocenters. The number of benzene rings is 1. The summed E-state index contributed by atoms with van der Waals surface area (Å²) in [4.78, 5) is 11.7. The number of Topliss-reactive ketones (excluding diaryl/α,β-unsaturated/α-hetero) is 1. The van der Waals surface area contributed by atoms with E-state index in [1.807, 2.05) is 0 Å². The van der Waals surface area contributed by atoms with E-state index < -0.39 is 35.8 Å². The Labute approximate surface area is 114 Å². The van der Waals surface area contributed by atoms with E-state index in [1.54, 1.807) is 0 Å². The number of hydrogen-bond acceptors (Lipinski definition) is 4. The Morgan fingerprint density at radius 2 is 1.70 bits per heavy atom. The number of carbonyl (C=O) groups excluding carboxylic acids is 1. The predicted octanol–water partition coefficient (Wildman–Crippen LogP) is 2.01. The molecule has 0 saturated heterocycles. The number of halogens is 3. The molecule has 0 heterocycles. The summed E-state index contributed by atoms with van der Waals surface area (Å²) in [6.07, 6.45) is -7.64. The number of rotatable bonds is 6. The van der Waals surface area contributed by atoms with Gasteiger partial charge in [0.05, 0.1) is 6.42 Å². The zero-order chi connectivity index (χ0) is 15.4. The second-order valence-corrected chi connectivity index (χ2v) is 4.17. The van der Waals surface area contributed by atoms with Crippen molar-refractivity contribution in [3.8, 4) is 0 Å². The molecule has 4 nitrogen and oxygen atoms in total. The number of carbonyl (C=O) groups is 1. The van der Waals surface area contributed by atoms with Crippen molar-refractivity contribution in [1.29, 1.82) is 0 Å². The average molecular weight is 292 g/mol. The molecule has 0 aliphatic carbocycles. The van der Waals surface area contributed by atoms with E-state index in [2.05, 4.69) is 9.47 Å². The lowest BCUT2D eigenvalue weighted by molar-refractivity contribution is -0.269. The van der Waals surface area contributed by atoms with Crippen LogP contribution in [0.4, 0.5) is 13.2 Å². The maximum atomic E-state index is 13.1. The Hall–Kier alpha value is -1.44. The summed E-state index contributed by atoms with van der Waals surface area (Å²) in [5.41, 5.74) is -3.69. The lowest BCUT2D eigenvalue weighted by atomic mass is 9.88. The number of ether oxygens (including phenoxy) is 2. The van der Waals surface area contributed by atoms with Crippen molar-refractivity contribution in [1.82, 2.24) is 0 Å². The first-order valence-electron chi connectivity index (χ1n) is 5.69. The molecule has 20 heavy (non-hydrogen) atoms. The SMILES string of the molecule is COC(OC)C(=O)C[C@](O)(c1ccccc1)C(F)(F)F. The molecule has 0 aliphatic rings. The van der Waals surface area contributed by atoms with Crippen LogP contribution in [0.1, 0.15) is 12.0 Å². The van der Waals surface area contributed by atoms with Crippen molar-refractivity contribution in [3.63, 3.8) is 0 Å². The smallest absolute Gasteiger partial charge is 0.376 e. The van der Waals surface area contributed by atoms with Crippen LogP contribution in [-0.2, 0) is 19.9 Å². The third kappa shape index (κ3) is 3.36. The lowest BCUT2D eigenvalue weighted by Gasteiger charge is -2.31. The minimum Gasteiger partial charge on any atom is -0.376 e. The van der Waals surface area contributed by atoms with Crippen molar-refractivity contribution in [3.05, 3.63) is 35.9 Å². The highest BCUT2D eigenvalue weighted by Crippen LogP contribution is 2.41. The fraction of sp³-hybridized carbons (Fsp3) is 0.462. The van der Waals surface area contributed by atoms with Gasteiger partial charge in [-0.15, -0.1) is 0 Å². The molecular formula is C13H15F3O4. The quantitative estimate of drug-likeness (QED) is 0.815. The highest BCUT2D eigenvalue weighted by molar-refractivity contribution is 5.83. The molecule has 1 atom stereocenters. The molecule has 112 valence electrons. The number of ketones is 1. The molecule has 0 radical (unpaired) electrons. The van der Waals surface area contributed by atoms with Crippen LogP contribution in [-0.4, -0.2) is 37.6 Å². The molecule has 1 aromatic rings. The molecule has 7 heteroatoms. The molecule has 0 spiro atoms. The molecule has 0 saturated carbocycles. The fourth-order valence-electron chi connectivity index (χ4n) is 1.77. The van der Waals surface area contributed by atoms with E-state index in [0.717, 1.165) is 26.4 Å². The van der Waals surface area contributed by atoms with Gasteiger partial charge in [-0.1, -0.05) is 30.3 Å². The van der Waals surface area contributed by atoms with Gasteiger partial charge < -0.3 is 14.6 Å². The Morgan fingerprint density at radius 3 is 2.10 bits per heavy atom. The summed E-state index contributed by atoms with van der Waals surface area (Å²) in [5.74, 6) is -1.00. The summed E-state index contributed by atoms with van der Waals surface area (Å²) in [5, 5.41) is 9.97. The second kappa shape index (κ2) is 6.34. The van der Waals surface area contributed by atoms with Crippen LogP contribution in [0.15, 0.2) is 30.3 Å². The Balaban J connectivity index is 3.12. The van der Waals surface area contributed by atoms with Crippen molar-refractivity contribution in [2.45, 2.75) is 24.5 Å². The standard InChI is InChI=1S/C13H15F3O4/c1-19-11(20-2)10(17)8-12(18,13(14,15)16)9-6-4-3-5-7-9/h3-7,11,18H,8H2,1-2H3/t12-/m0/s1. The minimum absolute atomic E-state index is 0.410. The Morgan fingerprint density at radius 1 is 1.20 bits per heavy atom. The van der Waals surface area contributed by atoms with Gasteiger partial charge in [-0.25, -0.2) is 0 Å². The van der Waals surface area contributed by atoms with E-state index in [1.165, 1.54) is 18.2 Å². The lowest BCUT2D eigenvalue weighted by Crippen LogP contribution is -2.46. The van der Waals surface area contributed by atoms with Gasteiger partial charge in [-0.3, -0.25) is 4.79 Å². The summed E-state index contributed by atoms with van der Waals surface area (Å²) < 4.78 is 48.6. The first-order valence-corrected chi connectivity index (χ1v) is 5.69. The molecule has 1 rings (SSSR count). The molecule has 1 aromatic carbocycles. The average Bonchev–Trinajstić information content (AvgIpc) is 2.39. The van der Waals surface area contributed by atoms with E-state index in [4.69, 9.17) is 0 Å². The second-order valence-electron chi connectivity index (χ2n) is 4.17. The van der Waals surface area contributed by atoms with Gasteiger partial charge in [0.15, 0.2) is 11.4 Å². The molecule has 0 bridgehead atoms. The van der Waals surface area contributed by atoms with Crippen molar-refractivity contribution < 1.29 is 32.5 Å². The molecule has 0 aliphatic heterocycles. The summed E-state index contributed by atoms with van der Waals surface area (Å²) >= 11 is 0. The van der Waals surface area contributed by atoms with Crippen LogP contribution < -0.4 is 0 Å². The molecule has 0 fully saturated rings. The Bertz CT molecular complexity index is 443. The number of hydrogen-bond donors (Lipinski definition) is 1. The molecule has 1 N–H and O–H groups in total. The van der Waals surface area contributed by atoms with Gasteiger partial charge in [-0.05, 0) is 5.56 Å². The van der Waals surface area contributed by atoms with Crippen molar-refractivity contribution >= 4 is 5.78 Å². The van der Waals surface area contributed by atoms with E-state index in [9.17, 15) is 23.1 Å². The predicted molar refractivity (Wildman–Crippen MR) is 63.8 cm³/mol. The minimum atomic E-state index is -5.00. The zero-order valence-electron chi connectivity index (χ0n) is 11.0. The maximum absolute atomic E-state index is 13.1. The van der Waals surface area contributed by atoms with Gasteiger partial charge in [-0.2, -0.15) is 13.2 Å². The third-order valence-corrected chi connectivity index (χ3v) is 2.84. The molecule has 0 aromatic heterocycles. The Kier molecular flexibility index (Phi) is 5.27. The monoisotopic (exact) mass is 292 g/mol. The zero-order valence-corrected chi connectivity index (χ0v) is 11.0. The summed E-state index contributed by atoms with van der Waals surface area (Å²) in [6.45, 7) is 0. The number of alkyl halides is 3. The van der Waals surface area contributed by atoms with Gasteiger partial charge >= 0.3 is 6.18 Å². The van der Waals surface area contributed by atoms with Crippen LogP contribution in [0.2, 0.25) is 0 Å². The fourth-order valence-corrected chi connectivity index (χ4v) is 1.77. The van der Waals surface area contributed by atoms with Gasteiger partial charge in [0.1, 0.15) is 0 Å². The van der Waals surface area contributed by atoms with E-state index in [-0.39, 0.29) is 0 Å². The van der Waals surface area contributed by atoms with Crippen molar-refractivity contribution in [2.75, 3.05) is 14.2 Å². The van der Waals surface area contributed by atoms with Crippen LogP contribution in [0.5, 0.6) is 0 Å². The normalized spacial score (nSPS) is 15.2. The maximum Gasteiger partial charge on any atom is 0.421 e. The third-order valence-electron chi connectivity index (χ3n) is 2.84. The topological polar surface area (TPSA) is 55.8 Å². The largest absolute Gasteiger partial charge is 0.421 e. The number of aliphatic hydroxyl groups is 1. The molecule has 0 amide bonds. The van der Waals surface area contributed by atoms with Crippen LogP contribution in [0, 0.1) is 0 Å². The van der Waals surface area contributed by atoms with E-state index in [0.29, 0.717) is 0 Å². The van der Waals surface area contributed by atoms with Gasteiger partial charge in [0.25, 0.3) is 0 Å². The van der Waals surface area contributed by atoms with Crippen LogP contribution in [0.25, 0.3) is 0 Å². The van der Waals surface area contributed by atoms with Gasteiger partial charge in [0.2, 0.25) is 6.29 Å². The van der Waals surface area contributed by atoms with Crippen molar-refractivity contribution in [2.24, 2.45) is 0 Å². The van der Waals surface area contributed by atoms with E-state index >= 15 is 0 Å². The van der Waals surface area contributed by atoms with Crippen LogP contribution >= 0.6 is 0 Å². The van der Waals surface area contributed by atoms with Crippen LogP contribution in [0.3, 0.4) is 0 Å². The molecular weight excluding hydrogens is 277 g/mol. The first kappa shape index (κ1) is 16.6. The number of methoxy groups -OCH3 is 2. The highest BCUT2D eigenvalue weighted by atomic mass is 19.4. The summed E-state index contributed by atoms with van der Waals surface area (Å²) in [6, 6.07) is 6.42. The highest BCUT2D eigenvalue weighted by Gasteiger charge is 2.56. The van der Waals surface area contributed by atoms with Gasteiger partial charge in [0, 0.05) is 14.2 Å². The first-order chi connectivity index (χ1) is 9.26.